The van der Waals surface area contributed by atoms with Gasteiger partial charge in [0.15, 0.2) is 6.10 Å². The maximum Gasteiger partial charge on any atom is 0.341 e. The number of nitrogens with one attached hydrogen (secondary N) is 1. The van der Waals surface area contributed by atoms with Gasteiger partial charge in [-0.3, -0.25) is 4.79 Å². The summed E-state index contributed by atoms with van der Waals surface area (Å²) < 4.78 is 10.6. The average Bonchev–Trinajstić information content (AvgIpc) is 2.82. The van der Waals surface area contributed by atoms with Crippen LogP contribution in [0, 0.1) is 0 Å². The lowest BCUT2D eigenvalue weighted by molar-refractivity contribution is -0.122. The Kier molecular flexibility index (Phi) is 6.39. The van der Waals surface area contributed by atoms with Gasteiger partial charge in [-0.1, -0.05) is 24.1 Å². The molecule has 27 heavy (non-hydrogen) atoms. The second kappa shape index (κ2) is 8.76. The Labute approximate surface area is 167 Å². The largest absolute Gasteiger partial charge is 0.481 e. The maximum atomic E-state index is 12.6. The number of anilines is 1. The summed E-state index contributed by atoms with van der Waals surface area (Å²) >= 11 is 7.41. The highest BCUT2D eigenvalue weighted by atomic mass is 35.5. The van der Waals surface area contributed by atoms with Gasteiger partial charge in [-0.15, -0.1) is 11.3 Å². The number of carbonyl (C=O) groups is 2. The van der Waals surface area contributed by atoms with Crippen LogP contribution in [0.5, 0.6) is 5.75 Å². The van der Waals surface area contributed by atoms with Crippen molar-refractivity contribution >= 4 is 39.8 Å². The number of carbonyl (C=O) groups excluding carboxylic acids is 2. The molecule has 0 spiro atoms. The molecule has 1 aromatic heterocycles. The molecule has 0 unspecified atom stereocenters. The fourth-order valence-corrected chi connectivity index (χ4v) is 4.62. The number of esters is 1. The van der Waals surface area contributed by atoms with Crippen molar-refractivity contribution in [2.75, 3.05) is 12.4 Å². The third-order valence-electron chi connectivity index (χ3n) is 4.53. The first kappa shape index (κ1) is 19.7. The summed E-state index contributed by atoms with van der Waals surface area (Å²) in [5, 5.41) is 3.94. The van der Waals surface area contributed by atoms with Crippen LogP contribution in [0.2, 0.25) is 5.02 Å². The number of methoxy groups -OCH3 is 1. The molecular weight excluding hydrogens is 386 g/mol. The Morgan fingerprint density at radius 1 is 1.22 bits per heavy atom. The zero-order valence-corrected chi connectivity index (χ0v) is 16.9. The summed E-state index contributed by atoms with van der Waals surface area (Å²) in [6, 6.07) is 6.88. The minimum atomic E-state index is -0.740. The number of halogens is 1. The summed E-state index contributed by atoms with van der Waals surface area (Å²) in [6.45, 7) is 1.66. The van der Waals surface area contributed by atoms with E-state index >= 15 is 0 Å². The fraction of sp³-hybridized carbons (Fsp3) is 0.400. The van der Waals surface area contributed by atoms with E-state index in [1.807, 2.05) is 0 Å². The lowest BCUT2D eigenvalue weighted by Gasteiger charge is -2.15. The van der Waals surface area contributed by atoms with Crippen molar-refractivity contribution in [2.45, 2.75) is 45.1 Å². The second-order valence-corrected chi connectivity index (χ2v) is 8.01. The lowest BCUT2D eigenvalue weighted by atomic mass is 10.1. The zero-order valence-electron chi connectivity index (χ0n) is 15.3. The van der Waals surface area contributed by atoms with E-state index in [-0.39, 0.29) is 5.91 Å². The summed E-state index contributed by atoms with van der Waals surface area (Å²) in [6.07, 6.45) is 4.30. The summed E-state index contributed by atoms with van der Waals surface area (Å²) in [5.74, 6) is -0.218. The van der Waals surface area contributed by atoms with Gasteiger partial charge in [0.2, 0.25) is 0 Å². The topological polar surface area (TPSA) is 64.6 Å². The predicted octanol–water partition coefficient (Wildman–Crippen LogP) is 4.86. The van der Waals surface area contributed by atoms with E-state index in [1.54, 1.807) is 31.2 Å². The Morgan fingerprint density at radius 2 is 2.00 bits per heavy atom. The molecular formula is C20H22ClNO4S. The first-order valence-electron chi connectivity index (χ1n) is 8.95. The van der Waals surface area contributed by atoms with Gasteiger partial charge in [-0.2, -0.15) is 0 Å². The van der Waals surface area contributed by atoms with Crippen LogP contribution in [0.3, 0.4) is 0 Å². The molecule has 1 amide bonds. The van der Waals surface area contributed by atoms with Crippen LogP contribution in [0.4, 0.5) is 5.00 Å². The molecule has 2 aromatic rings. The lowest BCUT2D eigenvalue weighted by Crippen LogP contribution is -2.30. The molecule has 0 fully saturated rings. The molecule has 1 aliphatic rings. The first-order chi connectivity index (χ1) is 13.0. The fourth-order valence-electron chi connectivity index (χ4n) is 3.16. The van der Waals surface area contributed by atoms with Crippen LogP contribution in [-0.2, 0) is 22.4 Å². The molecule has 144 valence electrons. The minimum Gasteiger partial charge on any atom is -0.481 e. The third-order valence-corrected chi connectivity index (χ3v) is 5.97. The molecule has 1 heterocycles. The Balaban J connectivity index is 1.79. The zero-order chi connectivity index (χ0) is 19.4. The maximum absolute atomic E-state index is 12.6. The van der Waals surface area contributed by atoms with E-state index in [0.717, 1.165) is 42.5 Å². The van der Waals surface area contributed by atoms with Crippen LogP contribution in [0.15, 0.2) is 24.3 Å². The number of rotatable bonds is 5. The van der Waals surface area contributed by atoms with E-state index < -0.39 is 12.1 Å². The monoisotopic (exact) mass is 407 g/mol. The molecule has 0 saturated heterocycles. The van der Waals surface area contributed by atoms with Gasteiger partial charge in [-0.25, -0.2) is 4.79 Å². The number of fused-ring (bicyclic) bond motifs is 1. The van der Waals surface area contributed by atoms with Gasteiger partial charge >= 0.3 is 5.97 Å². The molecule has 1 aliphatic carbocycles. The first-order valence-corrected chi connectivity index (χ1v) is 10.1. The highest BCUT2D eigenvalue weighted by Crippen LogP contribution is 2.38. The molecule has 3 rings (SSSR count). The van der Waals surface area contributed by atoms with Crippen molar-refractivity contribution in [3.05, 3.63) is 45.3 Å². The molecule has 5 nitrogen and oxygen atoms in total. The van der Waals surface area contributed by atoms with Crippen LogP contribution < -0.4 is 10.1 Å². The molecule has 1 N–H and O–H groups in total. The van der Waals surface area contributed by atoms with E-state index in [2.05, 4.69) is 5.32 Å². The standard InChI is InChI=1S/C20H22ClNO4S/c1-12(26-14-8-6-7-13(21)11-14)18(23)22-19-17(20(24)25-2)15-9-4-3-5-10-16(15)27-19/h6-8,11-12H,3-5,9-10H2,1-2H3,(H,22,23)/t12-/m1/s1. The van der Waals surface area contributed by atoms with Crippen molar-refractivity contribution in [3.63, 3.8) is 0 Å². The van der Waals surface area contributed by atoms with E-state index in [4.69, 9.17) is 21.1 Å². The molecule has 0 radical (unpaired) electrons. The van der Waals surface area contributed by atoms with Gasteiger partial charge in [0.1, 0.15) is 10.8 Å². The van der Waals surface area contributed by atoms with Gasteiger partial charge in [0.25, 0.3) is 5.91 Å². The van der Waals surface area contributed by atoms with Crippen molar-refractivity contribution in [3.8, 4) is 5.75 Å². The summed E-state index contributed by atoms with van der Waals surface area (Å²) in [7, 11) is 1.36. The van der Waals surface area contributed by atoms with E-state index in [9.17, 15) is 9.59 Å². The number of hydrogen-bond acceptors (Lipinski definition) is 5. The van der Waals surface area contributed by atoms with Crippen molar-refractivity contribution in [2.24, 2.45) is 0 Å². The normalized spacial score (nSPS) is 14.6. The van der Waals surface area contributed by atoms with Crippen LogP contribution in [0.25, 0.3) is 0 Å². The minimum absolute atomic E-state index is 0.323. The molecule has 0 bridgehead atoms. The second-order valence-electron chi connectivity index (χ2n) is 6.47. The number of benzene rings is 1. The quantitative estimate of drug-likeness (QED) is 0.567. The van der Waals surface area contributed by atoms with Gasteiger partial charge in [-0.05, 0) is 56.4 Å². The summed E-state index contributed by atoms with van der Waals surface area (Å²) in [5.41, 5.74) is 1.51. The number of thiophene rings is 1. The number of hydrogen-bond donors (Lipinski definition) is 1. The number of ether oxygens (including phenoxy) is 2. The Hall–Kier alpha value is -2.05. The summed E-state index contributed by atoms with van der Waals surface area (Å²) in [4.78, 5) is 26.1. The Morgan fingerprint density at radius 3 is 2.74 bits per heavy atom. The third kappa shape index (κ3) is 4.62. The van der Waals surface area contributed by atoms with Gasteiger partial charge in [0, 0.05) is 9.90 Å². The Bertz CT molecular complexity index is 849. The SMILES string of the molecule is COC(=O)c1c(NC(=O)[C@@H](C)Oc2cccc(Cl)c2)sc2c1CCCCC2. The highest BCUT2D eigenvalue weighted by molar-refractivity contribution is 7.17. The van der Waals surface area contributed by atoms with Crippen molar-refractivity contribution in [1.82, 2.24) is 0 Å². The van der Waals surface area contributed by atoms with Crippen LogP contribution in [-0.4, -0.2) is 25.1 Å². The molecule has 0 saturated carbocycles. The number of amides is 1. The molecule has 7 heteroatoms. The van der Waals surface area contributed by atoms with Gasteiger partial charge in [0.05, 0.1) is 12.7 Å². The molecule has 0 aliphatic heterocycles. The van der Waals surface area contributed by atoms with Gasteiger partial charge < -0.3 is 14.8 Å². The molecule has 1 atom stereocenters. The van der Waals surface area contributed by atoms with Crippen LogP contribution >= 0.6 is 22.9 Å². The smallest absolute Gasteiger partial charge is 0.341 e. The number of aryl methyl sites for hydroxylation is 1. The molecule has 1 aromatic carbocycles. The van der Waals surface area contributed by atoms with Crippen molar-refractivity contribution in [1.29, 1.82) is 0 Å². The van der Waals surface area contributed by atoms with E-state index in [1.165, 1.54) is 18.4 Å². The average molecular weight is 408 g/mol. The van der Waals surface area contributed by atoms with E-state index in [0.29, 0.717) is 21.3 Å². The van der Waals surface area contributed by atoms with Crippen molar-refractivity contribution < 1.29 is 19.1 Å². The van der Waals surface area contributed by atoms with Crippen LogP contribution in [0.1, 0.15) is 47.0 Å². The predicted molar refractivity (Wildman–Crippen MR) is 107 cm³/mol. The highest BCUT2D eigenvalue weighted by Gasteiger charge is 2.27.